The van der Waals surface area contributed by atoms with Gasteiger partial charge in [0.05, 0.1) is 0 Å². The lowest BCUT2D eigenvalue weighted by molar-refractivity contribution is 0.784. The van der Waals surface area contributed by atoms with Crippen LogP contribution in [0.4, 0.5) is 5.95 Å². The van der Waals surface area contributed by atoms with E-state index in [4.69, 9.17) is 22.1 Å². The predicted octanol–water partition coefficient (Wildman–Crippen LogP) is 1.38. The second-order valence-electron chi connectivity index (χ2n) is 3.88. The van der Waals surface area contributed by atoms with Crippen LogP contribution in [0, 0.1) is 22.6 Å². The van der Waals surface area contributed by atoms with Gasteiger partial charge in [0.1, 0.15) is 16.9 Å². The Kier molecular flexibility index (Phi) is 3.46. The van der Waals surface area contributed by atoms with Gasteiger partial charge in [-0.05, 0) is 12.6 Å². The first kappa shape index (κ1) is 11.7. The summed E-state index contributed by atoms with van der Waals surface area (Å²) >= 11 is 5.82. The smallest absolute Gasteiger partial charge is 0.271 e. The third kappa shape index (κ3) is 2.66. The molecule has 84 valence electrons. The summed E-state index contributed by atoms with van der Waals surface area (Å²) < 4.78 is 0. The molecule has 17 heavy (non-hydrogen) atoms. The van der Waals surface area contributed by atoms with Crippen LogP contribution in [0.15, 0.2) is 6.07 Å². The van der Waals surface area contributed by atoms with Crippen LogP contribution in [0.2, 0.25) is 17.8 Å². The van der Waals surface area contributed by atoms with Crippen molar-refractivity contribution >= 4 is 24.3 Å². The van der Waals surface area contributed by atoms with E-state index in [1.165, 1.54) is 6.07 Å². The molecule has 1 aromatic rings. The Bertz CT molecular complexity index is 498. The molecule has 0 aromatic carbocycles. The summed E-state index contributed by atoms with van der Waals surface area (Å²) in [5, 5.41) is 17.9. The van der Waals surface area contributed by atoms with Gasteiger partial charge in [-0.25, -0.2) is 15.2 Å². The number of rotatable bonds is 1. The fourth-order valence-electron chi connectivity index (χ4n) is 1.81. The minimum Gasteiger partial charge on any atom is -0.342 e. The molecule has 0 unspecified atom stereocenters. The minimum atomic E-state index is 0.112. The molecule has 5 nitrogen and oxygen atoms in total. The average Bonchev–Trinajstić information content (AvgIpc) is 2.38. The van der Waals surface area contributed by atoms with Crippen LogP contribution in [-0.4, -0.2) is 29.8 Å². The molecule has 7 heteroatoms. The minimum absolute atomic E-state index is 0.112. The first-order chi connectivity index (χ1) is 8.22. The number of hydrogen-bond acceptors (Lipinski definition) is 5. The Balaban J connectivity index is 2.16. The van der Waals surface area contributed by atoms with E-state index in [2.05, 4.69) is 15.9 Å². The van der Waals surface area contributed by atoms with E-state index in [1.807, 2.05) is 11.0 Å². The zero-order valence-corrected chi connectivity index (χ0v) is 9.85. The zero-order valence-electron chi connectivity index (χ0n) is 9.10. The van der Waals surface area contributed by atoms with Crippen molar-refractivity contribution in [2.45, 2.75) is 12.6 Å². The Hall–Kier alpha value is -1.79. The van der Waals surface area contributed by atoms with Gasteiger partial charge in [0.15, 0.2) is 0 Å². The normalized spacial score (nSPS) is 15.2. The van der Waals surface area contributed by atoms with Crippen LogP contribution >= 0.6 is 11.6 Å². The lowest BCUT2D eigenvalue weighted by Crippen LogP contribution is -2.37. The van der Waals surface area contributed by atoms with E-state index in [-0.39, 0.29) is 17.6 Å². The van der Waals surface area contributed by atoms with Gasteiger partial charge < -0.3 is 4.90 Å². The second-order valence-corrected chi connectivity index (χ2v) is 4.27. The van der Waals surface area contributed by atoms with Crippen molar-refractivity contribution in [3.8, 4) is 12.0 Å². The SMILES string of the molecule is N#CB1CCN(c2nc(Cl)cc(C#N)n2)CC1. The van der Waals surface area contributed by atoms with Crippen LogP contribution in [-0.2, 0) is 0 Å². The lowest BCUT2D eigenvalue weighted by atomic mass is 9.45. The molecule has 0 bridgehead atoms. The molecule has 1 aliphatic heterocycles. The monoisotopic (exact) mass is 245 g/mol. The molecule has 0 aliphatic carbocycles. The topological polar surface area (TPSA) is 76.6 Å². The van der Waals surface area contributed by atoms with Gasteiger partial charge in [-0.2, -0.15) is 5.26 Å². The summed E-state index contributed by atoms with van der Waals surface area (Å²) in [6, 6.07) is 3.39. The number of aromatic nitrogens is 2. The molecule has 0 N–H and O–H groups in total. The highest BCUT2D eigenvalue weighted by Gasteiger charge is 2.24. The maximum absolute atomic E-state index is 8.81. The first-order valence-corrected chi connectivity index (χ1v) is 5.70. The van der Waals surface area contributed by atoms with Gasteiger partial charge >= 0.3 is 0 Å². The van der Waals surface area contributed by atoms with E-state index in [0.29, 0.717) is 5.95 Å². The molecular formula is C10H9BClN5. The highest BCUT2D eigenvalue weighted by molar-refractivity contribution is 6.67. The van der Waals surface area contributed by atoms with Gasteiger partial charge in [-0.1, -0.05) is 11.6 Å². The number of anilines is 1. The van der Waals surface area contributed by atoms with Crippen LogP contribution < -0.4 is 4.90 Å². The molecule has 0 radical (unpaired) electrons. The fourth-order valence-corrected chi connectivity index (χ4v) is 1.99. The van der Waals surface area contributed by atoms with E-state index in [9.17, 15) is 0 Å². The highest BCUT2D eigenvalue weighted by Crippen LogP contribution is 2.19. The number of halogens is 1. The van der Waals surface area contributed by atoms with E-state index in [1.54, 1.807) is 0 Å². The van der Waals surface area contributed by atoms with Crippen LogP contribution in [0.5, 0.6) is 0 Å². The van der Waals surface area contributed by atoms with Crippen molar-refractivity contribution in [1.82, 2.24) is 9.97 Å². The maximum atomic E-state index is 8.81. The molecule has 1 aromatic heterocycles. The van der Waals surface area contributed by atoms with E-state index >= 15 is 0 Å². The van der Waals surface area contributed by atoms with Gasteiger partial charge in [0.2, 0.25) is 5.95 Å². The number of hydrogen-bond donors (Lipinski definition) is 0. The number of nitriles is 2. The van der Waals surface area contributed by atoms with Gasteiger partial charge in [-0.15, -0.1) is 0 Å². The standard InChI is InChI=1S/C10H9BClN5/c12-9-5-8(6-13)15-10(16-9)17-3-1-11(7-14)2-4-17/h5H,1-4H2. The summed E-state index contributed by atoms with van der Waals surface area (Å²) in [5.74, 6) is 2.74. The molecule has 1 fully saturated rings. The second kappa shape index (κ2) is 5.03. The van der Waals surface area contributed by atoms with Gasteiger partial charge in [0, 0.05) is 25.1 Å². The van der Waals surface area contributed by atoms with Crippen molar-refractivity contribution < 1.29 is 0 Å². The molecule has 1 saturated heterocycles. The average molecular weight is 245 g/mol. The molecule has 0 atom stereocenters. The Labute approximate surface area is 105 Å². The summed E-state index contributed by atoms with van der Waals surface area (Å²) in [6.45, 7) is 1.56. The number of nitrogens with zero attached hydrogens (tertiary/aromatic N) is 5. The Morgan fingerprint density at radius 1 is 1.29 bits per heavy atom. The molecule has 0 amide bonds. The summed E-state index contributed by atoms with van der Waals surface area (Å²) in [4.78, 5) is 10.2. The molecule has 0 saturated carbocycles. The molecule has 1 aliphatic rings. The summed E-state index contributed by atoms with van der Waals surface area (Å²) in [6.07, 6.45) is 1.60. The molecular weight excluding hydrogens is 236 g/mol. The summed E-state index contributed by atoms with van der Waals surface area (Å²) in [5.41, 5.74) is 0.266. The third-order valence-corrected chi connectivity index (χ3v) is 2.95. The molecule has 0 spiro atoms. The van der Waals surface area contributed by atoms with Crippen molar-refractivity contribution in [1.29, 1.82) is 10.5 Å². The van der Waals surface area contributed by atoms with Crippen LogP contribution in [0.3, 0.4) is 0 Å². The van der Waals surface area contributed by atoms with Crippen molar-refractivity contribution in [2.75, 3.05) is 18.0 Å². The van der Waals surface area contributed by atoms with Crippen molar-refractivity contribution in [3.63, 3.8) is 0 Å². The Morgan fingerprint density at radius 3 is 2.59 bits per heavy atom. The third-order valence-electron chi connectivity index (χ3n) is 2.76. The van der Waals surface area contributed by atoms with E-state index in [0.717, 1.165) is 25.7 Å². The first-order valence-electron chi connectivity index (χ1n) is 5.32. The highest BCUT2D eigenvalue weighted by atomic mass is 35.5. The van der Waals surface area contributed by atoms with Crippen molar-refractivity contribution in [2.24, 2.45) is 0 Å². The molecule has 2 heterocycles. The van der Waals surface area contributed by atoms with Crippen LogP contribution in [0.25, 0.3) is 0 Å². The van der Waals surface area contributed by atoms with Gasteiger partial charge in [-0.3, -0.25) is 0 Å². The van der Waals surface area contributed by atoms with Gasteiger partial charge in [0.25, 0.3) is 6.71 Å². The quantitative estimate of drug-likeness (QED) is 0.552. The largest absolute Gasteiger partial charge is 0.342 e. The van der Waals surface area contributed by atoms with E-state index < -0.39 is 0 Å². The molecule has 2 rings (SSSR count). The zero-order chi connectivity index (χ0) is 12.3. The van der Waals surface area contributed by atoms with Crippen molar-refractivity contribution in [3.05, 3.63) is 16.9 Å². The predicted molar refractivity (Wildman–Crippen MR) is 65.0 cm³/mol. The van der Waals surface area contributed by atoms with Crippen LogP contribution in [0.1, 0.15) is 5.69 Å². The lowest BCUT2D eigenvalue weighted by Gasteiger charge is -2.27. The summed E-state index contributed by atoms with van der Waals surface area (Å²) in [7, 11) is 0. The maximum Gasteiger partial charge on any atom is 0.271 e. The Morgan fingerprint density at radius 2 is 2.00 bits per heavy atom. The fraction of sp³-hybridized carbons (Fsp3) is 0.400.